The number of hydrogen-bond acceptors (Lipinski definition) is 1. The Labute approximate surface area is 135 Å². The van der Waals surface area contributed by atoms with E-state index in [9.17, 15) is 9.18 Å². The highest BCUT2D eigenvalue weighted by Crippen LogP contribution is 2.33. The average molecular weight is 369 g/mol. The van der Waals surface area contributed by atoms with Crippen LogP contribution in [0.15, 0.2) is 36.4 Å². The van der Waals surface area contributed by atoms with E-state index in [1.807, 2.05) is 18.2 Å². The molecule has 1 heterocycles. The highest BCUT2D eigenvalue weighted by Gasteiger charge is 2.19. The Bertz CT molecular complexity index is 719. The Kier molecular flexibility index (Phi) is 4.00. The van der Waals surface area contributed by atoms with Crippen LogP contribution in [0.2, 0.25) is 5.02 Å². The Balaban J connectivity index is 1.98. The molecule has 1 N–H and O–H groups in total. The first kappa shape index (κ1) is 14.5. The molecule has 2 aromatic carbocycles. The number of hydrogen-bond donors (Lipinski definition) is 1. The lowest BCUT2D eigenvalue weighted by Gasteiger charge is -2.19. The number of nitrogens with one attached hydrogen (secondary N) is 1. The molecule has 2 nitrogen and oxygen atoms in total. The molecular weight excluding hydrogens is 357 g/mol. The van der Waals surface area contributed by atoms with Gasteiger partial charge in [0.25, 0.3) is 5.91 Å². The van der Waals surface area contributed by atoms with Crippen LogP contribution in [0.1, 0.15) is 31.9 Å². The molecule has 0 fully saturated rings. The summed E-state index contributed by atoms with van der Waals surface area (Å²) in [5, 5.41) is 2.93. The van der Waals surface area contributed by atoms with Gasteiger partial charge in [-0.15, -0.1) is 0 Å². The van der Waals surface area contributed by atoms with Gasteiger partial charge in [0.15, 0.2) is 0 Å². The first-order valence-corrected chi connectivity index (χ1v) is 7.85. The summed E-state index contributed by atoms with van der Waals surface area (Å²) in [5.41, 5.74) is 3.41. The summed E-state index contributed by atoms with van der Waals surface area (Å²) in [4.78, 5) is 11.7. The molecule has 21 heavy (non-hydrogen) atoms. The lowest BCUT2D eigenvalue weighted by Crippen LogP contribution is -2.31. The van der Waals surface area contributed by atoms with Crippen molar-refractivity contribution < 1.29 is 9.18 Å². The van der Waals surface area contributed by atoms with Gasteiger partial charge in [-0.05, 0) is 41.3 Å². The van der Waals surface area contributed by atoms with Crippen LogP contribution in [-0.2, 0) is 6.42 Å². The molecule has 5 heteroatoms. The van der Waals surface area contributed by atoms with Crippen molar-refractivity contribution in [2.75, 3.05) is 6.54 Å². The molecule has 108 valence electrons. The molecule has 0 bridgehead atoms. The van der Waals surface area contributed by atoms with Gasteiger partial charge in [-0.2, -0.15) is 0 Å². The third-order valence-corrected chi connectivity index (χ3v) is 4.95. The van der Waals surface area contributed by atoms with Gasteiger partial charge in [0.05, 0.1) is 9.85 Å². The topological polar surface area (TPSA) is 29.1 Å². The largest absolute Gasteiger partial charge is 0.352 e. The molecule has 0 aliphatic carbocycles. The molecule has 1 unspecified atom stereocenters. The van der Waals surface area contributed by atoms with Crippen LogP contribution in [0.3, 0.4) is 0 Å². The maximum Gasteiger partial charge on any atom is 0.251 e. The van der Waals surface area contributed by atoms with Crippen molar-refractivity contribution in [2.45, 2.75) is 11.2 Å². The predicted molar refractivity (Wildman–Crippen MR) is 84.7 cm³/mol. The van der Waals surface area contributed by atoms with Crippen LogP contribution < -0.4 is 5.32 Å². The van der Waals surface area contributed by atoms with E-state index >= 15 is 0 Å². The van der Waals surface area contributed by atoms with Crippen molar-refractivity contribution in [3.8, 4) is 0 Å². The van der Waals surface area contributed by atoms with E-state index in [0.29, 0.717) is 12.1 Å². The molecule has 0 saturated carbocycles. The second-order valence-corrected chi connectivity index (χ2v) is 6.28. The molecule has 3 rings (SSSR count). The van der Waals surface area contributed by atoms with Crippen LogP contribution in [0, 0.1) is 5.82 Å². The molecule has 2 aromatic rings. The van der Waals surface area contributed by atoms with Crippen LogP contribution >= 0.6 is 27.5 Å². The zero-order valence-corrected chi connectivity index (χ0v) is 13.3. The fraction of sp³-hybridized carbons (Fsp3) is 0.188. The number of fused-ring (bicyclic) bond motifs is 1. The minimum atomic E-state index is -0.450. The van der Waals surface area contributed by atoms with Gasteiger partial charge in [0, 0.05) is 12.1 Å². The van der Waals surface area contributed by atoms with E-state index in [0.717, 1.165) is 23.1 Å². The molecule has 0 aromatic heterocycles. The SMILES string of the molecule is O=C1NCCc2ccc(C(Br)c3ccc(Cl)c(F)c3)cc21. The number of benzene rings is 2. The summed E-state index contributed by atoms with van der Waals surface area (Å²) in [5.74, 6) is -0.505. The summed E-state index contributed by atoms with van der Waals surface area (Å²) in [6.45, 7) is 0.672. The van der Waals surface area contributed by atoms with Crippen LogP contribution in [0.4, 0.5) is 4.39 Å². The van der Waals surface area contributed by atoms with Gasteiger partial charge >= 0.3 is 0 Å². The second kappa shape index (κ2) is 5.78. The smallest absolute Gasteiger partial charge is 0.251 e. The van der Waals surface area contributed by atoms with E-state index in [1.165, 1.54) is 12.1 Å². The zero-order valence-electron chi connectivity index (χ0n) is 11.0. The minimum absolute atomic E-state index is 0.0555. The average Bonchev–Trinajstić information content (AvgIpc) is 2.49. The first-order chi connectivity index (χ1) is 10.1. The summed E-state index contributed by atoms with van der Waals surface area (Å²) in [7, 11) is 0. The molecule has 0 radical (unpaired) electrons. The van der Waals surface area contributed by atoms with Gasteiger partial charge in [-0.25, -0.2) is 4.39 Å². The van der Waals surface area contributed by atoms with Crippen molar-refractivity contribution in [3.63, 3.8) is 0 Å². The van der Waals surface area contributed by atoms with E-state index in [-0.39, 0.29) is 15.8 Å². The lowest BCUT2D eigenvalue weighted by atomic mass is 9.95. The van der Waals surface area contributed by atoms with E-state index in [2.05, 4.69) is 21.2 Å². The van der Waals surface area contributed by atoms with E-state index in [4.69, 9.17) is 11.6 Å². The maximum absolute atomic E-state index is 13.6. The Hall–Kier alpha value is -1.39. The number of halogens is 3. The van der Waals surface area contributed by atoms with Crippen molar-refractivity contribution in [3.05, 3.63) is 69.5 Å². The zero-order chi connectivity index (χ0) is 15.0. The number of rotatable bonds is 2. The predicted octanol–water partition coefficient (Wildman–Crippen LogP) is 4.25. The number of amides is 1. The fourth-order valence-electron chi connectivity index (χ4n) is 2.45. The summed E-state index contributed by atoms with van der Waals surface area (Å²) in [6, 6.07) is 10.5. The van der Waals surface area contributed by atoms with Gasteiger partial charge in [0.2, 0.25) is 0 Å². The quantitative estimate of drug-likeness (QED) is 0.789. The second-order valence-electron chi connectivity index (χ2n) is 4.96. The number of alkyl halides is 1. The lowest BCUT2D eigenvalue weighted by molar-refractivity contribution is 0.0946. The molecule has 0 spiro atoms. The first-order valence-electron chi connectivity index (χ1n) is 6.56. The summed E-state index contributed by atoms with van der Waals surface area (Å²) in [6.07, 6.45) is 0.837. The third kappa shape index (κ3) is 2.83. The number of carbonyl (C=O) groups is 1. The fourth-order valence-corrected chi connectivity index (χ4v) is 3.14. The Morgan fingerprint density at radius 3 is 2.67 bits per heavy atom. The minimum Gasteiger partial charge on any atom is -0.352 e. The number of carbonyl (C=O) groups excluding carboxylic acids is 1. The molecule has 0 saturated heterocycles. The van der Waals surface area contributed by atoms with Crippen molar-refractivity contribution in [1.29, 1.82) is 0 Å². The van der Waals surface area contributed by atoms with Crippen LogP contribution in [0.25, 0.3) is 0 Å². The van der Waals surface area contributed by atoms with Crippen LogP contribution in [0.5, 0.6) is 0 Å². The van der Waals surface area contributed by atoms with Gasteiger partial charge < -0.3 is 5.32 Å². The van der Waals surface area contributed by atoms with Crippen molar-refractivity contribution in [1.82, 2.24) is 5.32 Å². The highest BCUT2D eigenvalue weighted by atomic mass is 79.9. The van der Waals surface area contributed by atoms with Gasteiger partial charge in [-0.1, -0.05) is 45.7 Å². The molecule has 1 aliphatic heterocycles. The summed E-state index contributed by atoms with van der Waals surface area (Å²) >= 11 is 9.26. The summed E-state index contributed by atoms with van der Waals surface area (Å²) < 4.78 is 13.6. The van der Waals surface area contributed by atoms with E-state index in [1.54, 1.807) is 6.07 Å². The van der Waals surface area contributed by atoms with Crippen molar-refractivity contribution in [2.24, 2.45) is 0 Å². The molecule has 1 amide bonds. The normalized spacial score (nSPS) is 15.3. The standard InChI is InChI=1S/C16H12BrClFNO/c17-15(11-3-4-13(18)14(19)8-11)10-2-1-9-5-6-20-16(21)12(9)7-10/h1-4,7-8,15H,5-6H2,(H,20,21). The monoisotopic (exact) mass is 367 g/mol. The Morgan fingerprint density at radius 2 is 1.90 bits per heavy atom. The highest BCUT2D eigenvalue weighted by molar-refractivity contribution is 9.09. The molecule has 1 aliphatic rings. The third-order valence-electron chi connectivity index (χ3n) is 3.59. The molecule has 1 atom stereocenters. The molecular formula is C16H12BrClFNO. The van der Waals surface area contributed by atoms with Gasteiger partial charge in [-0.3, -0.25) is 4.79 Å². The maximum atomic E-state index is 13.6. The van der Waals surface area contributed by atoms with Crippen molar-refractivity contribution >= 4 is 33.4 Å². The van der Waals surface area contributed by atoms with E-state index < -0.39 is 5.82 Å². The van der Waals surface area contributed by atoms with Crippen LogP contribution in [-0.4, -0.2) is 12.5 Å². The van der Waals surface area contributed by atoms with Gasteiger partial charge in [0.1, 0.15) is 5.82 Å². The Morgan fingerprint density at radius 1 is 1.19 bits per heavy atom.